The van der Waals surface area contributed by atoms with Gasteiger partial charge in [-0.05, 0) is 90.9 Å². The SMILES string of the molecule is CCOC(=O)C(CCC1=CCCCC1)(CCC1=CCCCC1)C(=O)OCC. The van der Waals surface area contributed by atoms with E-state index in [1.165, 1.54) is 36.8 Å². The summed E-state index contributed by atoms with van der Waals surface area (Å²) < 4.78 is 10.8. The number of allylic oxidation sites excluding steroid dienone is 4. The molecule has 0 spiro atoms. The molecule has 0 saturated carbocycles. The first-order valence-electron chi connectivity index (χ1n) is 10.8. The fraction of sp³-hybridized carbons (Fsp3) is 0.739. The van der Waals surface area contributed by atoms with Crippen molar-refractivity contribution >= 4 is 11.9 Å². The second-order valence-electron chi connectivity index (χ2n) is 7.74. The van der Waals surface area contributed by atoms with Gasteiger partial charge in [0.05, 0.1) is 13.2 Å². The summed E-state index contributed by atoms with van der Waals surface area (Å²) in [6, 6.07) is 0. The average molecular weight is 377 g/mol. The smallest absolute Gasteiger partial charge is 0.323 e. The Labute approximate surface area is 164 Å². The Morgan fingerprint density at radius 1 is 0.815 bits per heavy atom. The van der Waals surface area contributed by atoms with E-state index in [4.69, 9.17) is 9.47 Å². The summed E-state index contributed by atoms with van der Waals surface area (Å²) in [6.07, 6.45) is 16.3. The maximum Gasteiger partial charge on any atom is 0.323 e. The molecule has 0 aromatic rings. The normalized spacial score (nSPS) is 17.7. The van der Waals surface area contributed by atoms with Crippen molar-refractivity contribution in [3.05, 3.63) is 23.3 Å². The topological polar surface area (TPSA) is 52.6 Å². The highest BCUT2D eigenvalue weighted by molar-refractivity contribution is 6.00. The summed E-state index contributed by atoms with van der Waals surface area (Å²) in [5.41, 5.74) is 1.56. The number of hydrogen-bond acceptors (Lipinski definition) is 4. The van der Waals surface area contributed by atoms with Crippen molar-refractivity contribution in [2.75, 3.05) is 13.2 Å². The fourth-order valence-electron chi connectivity index (χ4n) is 4.17. The lowest BCUT2D eigenvalue weighted by Crippen LogP contribution is -2.42. The van der Waals surface area contributed by atoms with Crippen molar-refractivity contribution in [3.63, 3.8) is 0 Å². The van der Waals surface area contributed by atoms with Gasteiger partial charge < -0.3 is 9.47 Å². The quantitative estimate of drug-likeness (QED) is 0.280. The van der Waals surface area contributed by atoms with Gasteiger partial charge in [-0.3, -0.25) is 9.59 Å². The van der Waals surface area contributed by atoms with Gasteiger partial charge in [0.1, 0.15) is 0 Å². The van der Waals surface area contributed by atoms with Gasteiger partial charge in [-0.15, -0.1) is 0 Å². The highest BCUT2D eigenvalue weighted by Gasteiger charge is 2.48. The Balaban J connectivity index is 2.19. The third-order valence-electron chi connectivity index (χ3n) is 5.85. The maximum absolute atomic E-state index is 13.0. The number of carbonyl (C=O) groups excluding carboxylic acids is 2. The minimum Gasteiger partial charge on any atom is -0.465 e. The molecule has 0 aliphatic heterocycles. The van der Waals surface area contributed by atoms with E-state index in [1.807, 2.05) is 0 Å². The van der Waals surface area contributed by atoms with Crippen LogP contribution in [0, 0.1) is 5.41 Å². The van der Waals surface area contributed by atoms with E-state index in [-0.39, 0.29) is 13.2 Å². The number of rotatable bonds is 10. The largest absolute Gasteiger partial charge is 0.465 e. The van der Waals surface area contributed by atoms with Crippen LogP contribution in [0.4, 0.5) is 0 Å². The Bertz CT molecular complexity index is 509. The molecule has 27 heavy (non-hydrogen) atoms. The zero-order chi connectivity index (χ0) is 19.5. The molecule has 0 fully saturated rings. The first kappa shape index (κ1) is 21.7. The molecule has 0 saturated heterocycles. The Kier molecular flexibility index (Phi) is 9.09. The summed E-state index contributed by atoms with van der Waals surface area (Å²) >= 11 is 0. The van der Waals surface area contributed by atoms with E-state index in [9.17, 15) is 9.59 Å². The molecule has 0 aromatic heterocycles. The average Bonchev–Trinajstić information content (AvgIpc) is 2.70. The van der Waals surface area contributed by atoms with Gasteiger partial charge in [0.2, 0.25) is 0 Å². The molecule has 2 rings (SSSR count). The summed E-state index contributed by atoms with van der Waals surface area (Å²) in [7, 11) is 0. The fourth-order valence-corrected chi connectivity index (χ4v) is 4.17. The van der Waals surface area contributed by atoms with Gasteiger partial charge in [0.15, 0.2) is 5.41 Å². The Morgan fingerprint density at radius 2 is 1.26 bits per heavy atom. The molecule has 0 bridgehead atoms. The van der Waals surface area contributed by atoms with E-state index in [1.54, 1.807) is 13.8 Å². The number of hydrogen-bond donors (Lipinski definition) is 0. The standard InChI is InChI=1S/C23H36O4/c1-3-26-21(24)23(22(25)27-4-2,17-15-19-11-7-5-8-12-19)18-16-20-13-9-6-10-14-20/h11,13H,3-10,12,14-18H2,1-2H3. The molecule has 0 N–H and O–H groups in total. The molecule has 0 atom stereocenters. The first-order valence-corrected chi connectivity index (χ1v) is 10.8. The molecular formula is C23H36O4. The monoisotopic (exact) mass is 376 g/mol. The predicted octanol–water partition coefficient (Wildman–Crippen LogP) is 5.66. The zero-order valence-electron chi connectivity index (χ0n) is 17.2. The summed E-state index contributed by atoms with van der Waals surface area (Å²) in [4.78, 5) is 25.9. The van der Waals surface area contributed by atoms with Crippen molar-refractivity contribution in [2.45, 2.75) is 90.9 Å². The van der Waals surface area contributed by atoms with Gasteiger partial charge >= 0.3 is 11.9 Å². The second kappa shape index (κ2) is 11.3. The van der Waals surface area contributed by atoms with Gasteiger partial charge in [0.25, 0.3) is 0 Å². The van der Waals surface area contributed by atoms with Crippen molar-refractivity contribution in [3.8, 4) is 0 Å². The van der Waals surface area contributed by atoms with Crippen LogP contribution in [0.2, 0.25) is 0 Å². The molecule has 4 heteroatoms. The molecule has 0 unspecified atom stereocenters. The number of ether oxygens (including phenoxy) is 2. The Hall–Kier alpha value is -1.58. The van der Waals surface area contributed by atoms with Crippen LogP contribution in [0.1, 0.15) is 90.9 Å². The van der Waals surface area contributed by atoms with Crippen molar-refractivity contribution in [1.29, 1.82) is 0 Å². The number of carbonyl (C=O) groups is 2. The lowest BCUT2D eigenvalue weighted by Gasteiger charge is -2.30. The van der Waals surface area contributed by atoms with Crippen molar-refractivity contribution in [2.24, 2.45) is 5.41 Å². The summed E-state index contributed by atoms with van der Waals surface area (Å²) in [6.45, 7) is 4.15. The lowest BCUT2D eigenvalue weighted by molar-refractivity contribution is -0.173. The van der Waals surface area contributed by atoms with Crippen LogP contribution < -0.4 is 0 Å². The van der Waals surface area contributed by atoms with Crippen LogP contribution in [0.3, 0.4) is 0 Å². The van der Waals surface area contributed by atoms with Gasteiger partial charge in [-0.2, -0.15) is 0 Å². The van der Waals surface area contributed by atoms with E-state index in [2.05, 4.69) is 12.2 Å². The maximum atomic E-state index is 13.0. The molecular weight excluding hydrogens is 340 g/mol. The van der Waals surface area contributed by atoms with Gasteiger partial charge in [0, 0.05) is 0 Å². The van der Waals surface area contributed by atoms with Crippen LogP contribution >= 0.6 is 0 Å². The van der Waals surface area contributed by atoms with Crippen LogP contribution in [0.15, 0.2) is 23.3 Å². The van der Waals surface area contributed by atoms with Crippen LogP contribution in [0.25, 0.3) is 0 Å². The summed E-state index contributed by atoms with van der Waals surface area (Å²) in [5.74, 6) is -0.812. The second-order valence-corrected chi connectivity index (χ2v) is 7.74. The van der Waals surface area contributed by atoms with Crippen molar-refractivity contribution < 1.29 is 19.1 Å². The highest BCUT2D eigenvalue weighted by atomic mass is 16.6. The molecule has 0 aromatic carbocycles. The molecule has 0 radical (unpaired) electrons. The third kappa shape index (κ3) is 6.22. The zero-order valence-corrected chi connectivity index (χ0v) is 17.2. The van der Waals surface area contributed by atoms with Gasteiger partial charge in [-0.1, -0.05) is 23.3 Å². The van der Waals surface area contributed by atoms with Crippen LogP contribution in [0.5, 0.6) is 0 Å². The minimum atomic E-state index is -1.18. The molecule has 2 aliphatic rings. The van der Waals surface area contributed by atoms with E-state index >= 15 is 0 Å². The minimum absolute atomic E-state index is 0.283. The van der Waals surface area contributed by atoms with E-state index in [0.717, 1.165) is 38.5 Å². The Morgan fingerprint density at radius 3 is 1.59 bits per heavy atom. The molecule has 4 nitrogen and oxygen atoms in total. The lowest BCUT2D eigenvalue weighted by atomic mass is 9.75. The van der Waals surface area contributed by atoms with Gasteiger partial charge in [-0.25, -0.2) is 0 Å². The molecule has 152 valence electrons. The first-order chi connectivity index (χ1) is 13.1. The van der Waals surface area contributed by atoms with Crippen LogP contribution in [-0.2, 0) is 19.1 Å². The van der Waals surface area contributed by atoms with Crippen LogP contribution in [-0.4, -0.2) is 25.2 Å². The summed E-state index contributed by atoms with van der Waals surface area (Å²) in [5, 5.41) is 0. The van der Waals surface area contributed by atoms with E-state index in [0.29, 0.717) is 12.8 Å². The molecule has 0 amide bonds. The molecule has 2 aliphatic carbocycles. The van der Waals surface area contributed by atoms with Crippen molar-refractivity contribution in [1.82, 2.24) is 0 Å². The predicted molar refractivity (Wildman–Crippen MR) is 107 cm³/mol. The molecule has 0 heterocycles. The van der Waals surface area contributed by atoms with E-state index < -0.39 is 17.4 Å². The third-order valence-corrected chi connectivity index (χ3v) is 5.85. The number of esters is 2. The highest BCUT2D eigenvalue weighted by Crippen LogP contribution is 2.38.